The molecule has 0 saturated heterocycles. The molecule has 2 atom stereocenters. The first-order valence-electron chi connectivity index (χ1n) is 6.66. The highest BCUT2D eigenvalue weighted by molar-refractivity contribution is 5.59. The quantitative estimate of drug-likeness (QED) is 0.688. The van der Waals surface area contributed by atoms with Crippen molar-refractivity contribution in [2.24, 2.45) is 0 Å². The van der Waals surface area contributed by atoms with Crippen LogP contribution in [0.15, 0.2) is 36.9 Å². The molecule has 3 rings (SSSR count). The van der Waals surface area contributed by atoms with Crippen molar-refractivity contribution in [2.45, 2.75) is 31.8 Å². The van der Waals surface area contributed by atoms with Gasteiger partial charge >= 0.3 is 0 Å². The van der Waals surface area contributed by atoms with Crippen LogP contribution in [0.3, 0.4) is 0 Å². The van der Waals surface area contributed by atoms with E-state index in [-0.39, 0.29) is 22.7 Å². The minimum absolute atomic E-state index is 0.132. The van der Waals surface area contributed by atoms with Gasteiger partial charge < -0.3 is 9.88 Å². The van der Waals surface area contributed by atoms with Gasteiger partial charge in [0.2, 0.25) is 0 Å². The number of aromatic nitrogens is 2. The number of hydrogen-bond donors (Lipinski definition) is 1. The molecule has 0 spiro atoms. The number of nitro benzene ring substituents is 1. The first-order valence-corrected chi connectivity index (χ1v) is 6.66. The summed E-state index contributed by atoms with van der Waals surface area (Å²) in [4.78, 5) is 14.6. The van der Waals surface area contributed by atoms with Crippen molar-refractivity contribution < 1.29 is 4.92 Å². The Kier molecular flexibility index (Phi) is 3.14. The Bertz CT molecular complexity index is 624. The van der Waals surface area contributed by atoms with Gasteiger partial charge in [0.15, 0.2) is 0 Å². The largest absolute Gasteiger partial charge is 0.380 e. The third-order valence-corrected chi connectivity index (χ3v) is 3.95. The second-order valence-electron chi connectivity index (χ2n) is 5.14. The highest BCUT2D eigenvalue weighted by Gasteiger charge is 2.24. The second kappa shape index (κ2) is 4.96. The third kappa shape index (κ3) is 2.24. The minimum atomic E-state index is -0.356. The molecule has 0 radical (unpaired) electrons. The Morgan fingerprint density at radius 2 is 2.40 bits per heavy atom. The molecule has 0 bridgehead atoms. The van der Waals surface area contributed by atoms with Gasteiger partial charge in [-0.25, -0.2) is 4.98 Å². The van der Waals surface area contributed by atoms with Crippen molar-refractivity contribution >= 4 is 11.4 Å². The number of nitro groups is 1. The summed E-state index contributed by atoms with van der Waals surface area (Å²) in [7, 11) is 0. The van der Waals surface area contributed by atoms with Crippen LogP contribution >= 0.6 is 0 Å². The number of imidazole rings is 1. The molecule has 6 heteroatoms. The maximum Gasteiger partial charge on any atom is 0.271 e. The van der Waals surface area contributed by atoms with E-state index >= 15 is 0 Å². The molecule has 2 heterocycles. The lowest BCUT2D eigenvalue weighted by atomic mass is 9.94. The molecule has 0 fully saturated rings. The molecule has 20 heavy (non-hydrogen) atoms. The van der Waals surface area contributed by atoms with Crippen molar-refractivity contribution in [3.8, 4) is 0 Å². The van der Waals surface area contributed by atoms with Crippen LogP contribution in [0.2, 0.25) is 0 Å². The van der Waals surface area contributed by atoms with Crippen molar-refractivity contribution in [1.82, 2.24) is 9.55 Å². The molecule has 6 nitrogen and oxygen atoms in total. The molecule has 1 aliphatic rings. The number of non-ortho nitro benzene ring substituents is 1. The van der Waals surface area contributed by atoms with E-state index in [0.717, 1.165) is 24.1 Å². The topological polar surface area (TPSA) is 73.0 Å². The van der Waals surface area contributed by atoms with E-state index in [1.54, 1.807) is 24.7 Å². The zero-order valence-electron chi connectivity index (χ0n) is 11.2. The molecule has 2 aromatic rings. The lowest BCUT2D eigenvalue weighted by Gasteiger charge is -2.31. The van der Waals surface area contributed by atoms with E-state index < -0.39 is 0 Å². The van der Waals surface area contributed by atoms with Crippen molar-refractivity contribution in [3.63, 3.8) is 0 Å². The first kappa shape index (κ1) is 12.7. The Hall–Kier alpha value is -2.37. The Morgan fingerprint density at radius 3 is 3.10 bits per heavy atom. The number of anilines is 1. The number of benzene rings is 1. The number of aryl methyl sites for hydroxylation is 1. The fourth-order valence-corrected chi connectivity index (χ4v) is 2.69. The highest BCUT2D eigenvalue weighted by Crippen LogP contribution is 2.31. The molecular weight excluding hydrogens is 256 g/mol. The molecule has 0 saturated carbocycles. The van der Waals surface area contributed by atoms with Gasteiger partial charge in [-0.15, -0.1) is 0 Å². The monoisotopic (exact) mass is 272 g/mol. The molecule has 0 amide bonds. The summed E-state index contributed by atoms with van der Waals surface area (Å²) < 4.78 is 2.06. The lowest BCUT2D eigenvalue weighted by molar-refractivity contribution is -0.384. The summed E-state index contributed by atoms with van der Waals surface area (Å²) in [5.41, 5.74) is 2.15. The Labute approximate surface area is 116 Å². The van der Waals surface area contributed by atoms with Gasteiger partial charge in [0.1, 0.15) is 0 Å². The molecule has 1 N–H and O–H groups in total. The molecule has 1 aliphatic heterocycles. The number of hydrogen-bond acceptors (Lipinski definition) is 4. The van der Waals surface area contributed by atoms with Crippen molar-refractivity contribution in [2.75, 3.05) is 5.32 Å². The maximum atomic E-state index is 10.9. The molecule has 1 aromatic carbocycles. The number of fused-ring (bicyclic) bond motifs is 1. The fraction of sp³-hybridized carbons (Fsp3) is 0.357. The molecule has 1 aromatic heterocycles. The Balaban J connectivity index is 1.83. The predicted octanol–water partition coefficient (Wildman–Crippen LogP) is 2.78. The SMILES string of the molecule is CC(C1CCc2ccc([N+](=O)[O-])cc2N1)n1ccnc1. The smallest absolute Gasteiger partial charge is 0.271 e. The van der Waals surface area contributed by atoms with Crippen LogP contribution in [-0.2, 0) is 6.42 Å². The lowest BCUT2D eigenvalue weighted by Crippen LogP contribution is -2.33. The average molecular weight is 272 g/mol. The van der Waals surface area contributed by atoms with Gasteiger partial charge in [0.05, 0.1) is 17.3 Å². The van der Waals surface area contributed by atoms with Crippen LogP contribution < -0.4 is 5.32 Å². The van der Waals surface area contributed by atoms with Crippen LogP contribution in [0.5, 0.6) is 0 Å². The average Bonchev–Trinajstić information content (AvgIpc) is 2.99. The first-order chi connectivity index (χ1) is 9.65. The van der Waals surface area contributed by atoms with E-state index in [0.29, 0.717) is 0 Å². The third-order valence-electron chi connectivity index (χ3n) is 3.95. The minimum Gasteiger partial charge on any atom is -0.380 e. The summed E-state index contributed by atoms with van der Waals surface area (Å²) in [6, 6.07) is 5.55. The molecule has 0 aliphatic carbocycles. The van der Waals surface area contributed by atoms with Crippen LogP contribution in [-0.4, -0.2) is 20.5 Å². The van der Waals surface area contributed by atoms with E-state index in [9.17, 15) is 10.1 Å². The summed E-state index contributed by atoms with van der Waals surface area (Å²) in [6.07, 6.45) is 7.44. The number of nitrogens with one attached hydrogen (secondary N) is 1. The standard InChI is InChI=1S/C14H16N4O2/c1-10(17-7-6-15-9-17)13-5-3-11-2-4-12(18(19)20)8-14(11)16-13/h2,4,6-10,13,16H,3,5H2,1H3. The van der Waals surface area contributed by atoms with E-state index in [1.165, 1.54) is 0 Å². The van der Waals surface area contributed by atoms with Crippen LogP contribution in [0, 0.1) is 10.1 Å². The van der Waals surface area contributed by atoms with Crippen LogP contribution in [0.4, 0.5) is 11.4 Å². The summed E-state index contributed by atoms with van der Waals surface area (Å²) in [6.45, 7) is 2.13. The maximum absolute atomic E-state index is 10.9. The van der Waals surface area contributed by atoms with Gasteiger partial charge in [0.25, 0.3) is 5.69 Å². The molecule has 104 valence electrons. The van der Waals surface area contributed by atoms with Gasteiger partial charge in [-0.2, -0.15) is 0 Å². The van der Waals surface area contributed by atoms with Gasteiger partial charge in [0, 0.05) is 36.3 Å². The highest BCUT2D eigenvalue weighted by atomic mass is 16.6. The van der Waals surface area contributed by atoms with Crippen molar-refractivity contribution in [3.05, 3.63) is 52.6 Å². The zero-order valence-corrected chi connectivity index (χ0v) is 11.2. The fourth-order valence-electron chi connectivity index (χ4n) is 2.69. The van der Waals surface area contributed by atoms with Crippen LogP contribution in [0.25, 0.3) is 0 Å². The van der Waals surface area contributed by atoms with Gasteiger partial charge in [-0.05, 0) is 25.3 Å². The van der Waals surface area contributed by atoms with E-state index in [4.69, 9.17) is 0 Å². The summed E-state index contributed by atoms with van der Waals surface area (Å²) in [5, 5.41) is 14.3. The molecular formula is C14H16N4O2. The Morgan fingerprint density at radius 1 is 1.55 bits per heavy atom. The number of rotatable bonds is 3. The van der Waals surface area contributed by atoms with E-state index in [2.05, 4.69) is 21.8 Å². The predicted molar refractivity (Wildman–Crippen MR) is 75.8 cm³/mol. The van der Waals surface area contributed by atoms with Gasteiger partial charge in [-0.3, -0.25) is 10.1 Å². The summed E-state index contributed by atoms with van der Waals surface area (Å²) in [5.74, 6) is 0. The van der Waals surface area contributed by atoms with E-state index in [1.807, 2.05) is 12.3 Å². The van der Waals surface area contributed by atoms with Crippen molar-refractivity contribution in [1.29, 1.82) is 0 Å². The second-order valence-corrected chi connectivity index (χ2v) is 5.14. The van der Waals surface area contributed by atoms with Crippen LogP contribution in [0.1, 0.15) is 24.9 Å². The zero-order chi connectivity index (χ0) is 14.1. The number of nitrogens with zero attached hydrogens (tertiary/aromatic N) is 3. The summed E-state index contributed by atoms with van der Waals surface area (Å²) >= 11 is 0. The van der Waals surface area contributed by atoms with Gasteiger partial charge in [-0.1, -0.05) is 6.07 Å². The molecule has 2 unspecified atom stereocenters. The normalized spacial score (nSPS) is 18.9.